The van der Waals surface area contributed by atoms with Crippen LogP contribution in [0.3, 0.4) is 0 Å². The molecule has 1 aliphatic rings. The van der Waals surface area contributed by atoms with Gasteiger partial charge in [0, 0.05) is 19.1 Å². The zero-order valence-electron chi connectivity index (χ0n) is 14.3. The van der Waals surface area contributed by atoms with E-state index < -0.39 is 0 Å². The summed E-state index contributed by atoms with van der Waals surface area (Å²) in [6, 6.07) is 7.86. The van der Waals surface area contributed by atoms with Crippen molar-refractivity contribution < 1.29 is 4.74 Å². The fraction of sp³-hybridized carbons (Fsp3) is 0.389. The van der Waals surface area contributed by atoms with E-state index in [2.05, 4.69) is 4.98 Å². The molecule has 0 saturated heterocycles. The third-order valence-corrected chi connectivity index (χ3v) is 4.67. The van der Waals surface area contributed by atoms with E-state index >= 15 is 0 Å². The van der Waals surface area contributed by atoms with E-state index in [4.69, 9.17) is 4.74 Å². The van der Waals surface area contributed by atoms with Crippen LogP contribution in [0.2, 0.25) is 0 Å². The van der Waals surface area contributed by atoms with Gasteiger partial charge in [0.15, 0.2) is 11.2 Å². The number of nitrogens with zero attached hydrogens (tertiary/aromatic N) is 4. The number of rotatable bonds is 5. The molecule has 1 aromatic carbocycles. The molecule has 25 heavy (non-hydrogen) atoms. The molecule has 0 radical (unpaired) electrons. The highest BCUT2D eigenvalue weighted by atomic mass is 16.5. The zero-order chi connectivity index (χ0) is 17.6. The van der Waals surface area contributed by atoms with Crippen molar-refractivity contribution in [2.45, 2.75) is 38.9 Å². The molecule has 0 unspecified atom stereocenters. The van der Waals surface area contributed by atoms with Crippen molar-refractivity contribution in [3.8, 4) is 5.75 Å². The molecule has 1 fully saturated rings. The Kier molecular flexibility index (Phi) is 3.71. The van der Waals surface area contributed by atoms with Gasteiger partial charge in [-0.3, -0.25) is 13.9 Å². The molecular formula is C18H20N4O3. The number of hydrogen-bond donors (Lipinski definition) is 0. The fourth-order valence-electron chi connectivity index (χ4n) is 3.19. The molecule has 2 heterocycles. The van der Waals surface area contributed by atoms with Crippen molar-refractivity contribution in [2.24, 2.45) is 0 Å². The van der Waals surface area contributed by atoms with Crippen LogP contribution in [0, 0.1) is 0 Å². The van der Waals surface area contributed by atoms with Gasteiger partial charge < -0.3 is 9.30 Å². The molecule has 0 atom stereocenters. The molecule has 1 saturated carbocycles. The van der Waals surface area contributed by atoms with E-state index in [1.54, 1.807) is 18.0 Å². The molecule has 130 valence electrons. The monoisotopic (exact) mass is 340 g/mol. The van der Waals surface area contributed by atoms with Crippen molar-refractivity contribution in [3.63, 3.8) is 0 Å². The Balaban J connectivity index is 1.86. The highest BCUT2D eigenvalue weighted by Crippen LogP contribution is 2.34. The molecule has 3 aromatic rings. The van der Waals surface area contributed by atoms with Gasteiger partial charge in [0.2, 0.25) is 0 Å². The van der Waals surface area contributed by atoms with Crippen LogP contribution in [0.1, 0.15) is 31.4 Å². The Morgan fingerprint density at radius 2 is 1.92 bits per heavy atom. The van der Waals surface area contributed by atoms with E-state index in [0.717, 1.165) is 24.2 Å². The van der Waals surface area contributed by atoms with Crippen LogP contribution in [0.25, 0.3) is 11.2 Å². The first kappa shape index (κ1) is 15.7. The summed E-state index contributed by atoms with van der Waals surface area (Å²) in [6.07, 6.45) is 3.57. The molecule has 1 aliphatic carbocycles. The van der Waals surface area contributed by atoms with Crippen LogP contribution in [0.5, 0.6) is 5.75 Å². The number of benzene rings is 1. The van der Waals surface area contributed by atoms with Crippen molar-refractivity contribution in [3.05, 3.63) is 57.0 Å². The van der Waals surface area contributed by atoms with E-state index in [1.165, 1.54) is 4.57 Å². The summed E-state index contributed by atoms with van der Waals surface area (Å²) in [5, 5.41) is 0. The maximum absolute atomic E-state index is 12.8. The van der Waals surface area contributed by atoms with Crippen LogP contribution in [0.4, 0.5) is 0 Å². The second-order valence-electron chi connectivity index (χ2n) is 6.33. The number of imidazole rings is 1. The van der Waals surface area contributed by atoms with E-state index in [1.807, 2.05) is 35.8 Å². The van der Waals surface area contributed by atoms with Gasteiger partial charge in [0.05, 0.1) is 13.4 Å². The molecule has 0 amide bonds. The summed E-state index contributed by atoms with van der Waals surface area (Å²) in [5.74, 6) is 0.787. The van der Waals surface area contributed by atoms with Gasteiger partial charge in [-0.2, -0.15) is 0 Å². The number of methoxy groups -OCH3 is 1. The summed E-state index contributed by atoms with van der Waals surface area (Å²) < 4.78 is 9.98. The first-order valence-corrected chi connectivity index (χ1v) is 8.47. The summed E-state index contributed by atoms with van der Waals surface area (Å²) in [5.41, 5.74) is 1.49. The van der Waals surface area contributed by atoms with Crippen LogP contribution in [-0.2, 0) is 13.1 Å². The van der Waals surface area contributed by atoms with E-state index in [0.29, 0.717) is 24.3 Å². The Hall–Kier alpha value is -2.83. The highest BCUT2D eigenvalue weighted by Gasteiger charge is 2.29. The zero-order valence-corrected chi connectivity index (χ0v) is 14.3. The number of hydrogen-bond acceptors (Lipinski definition) is 4. The highest BCUT2D eigenvalue weighted by molar-refractivity contribution is 5.70. The maximum Gasteiger partial charge on any atom is 0.332 e. The van der Waals surface area contributed by atoms with Crippen molar-refractivity contribution in [1.29, 1.82) is 0 Å². The molecule has 0 N–H and O–H groups in total. The van der Waals surface area contributed by atoms with Crippen molar-refractivity contribution in [1.82, 2.24) is 18.7 Å². The van der Waals surface area contributed by atoms with Crippen LogP contribution >= 0.6 is 0 Å². The first-order chi connectivity index (χ1) is 12.1. The SMILES string of the molecule is CCn1c(=O)c2c(ncn2Cc2ccc(OC)cc2)n(C2CC2)c1=O. The quantitative estimate of drug-likeness (QED) is 0.710. The number of ether oxygens (including phenoxy) is 1. The number of fused-ring (bicyclic) bond motifs is 1. The van der Waals surface area contributed by atoms with Crippen molar-refractivity contribution in [2.75, 3.05) is 7.11 Å². The molecule has 4 rings (SSSR count). The normalized spacial score (nSPS) is 14.2. The third-order valence-electron chi connectivity index (χ3n) is 4.67. The predicted molar refractivity (Wildman–Crippen MR) is 94.3 cm³/mol. The second-order valence-corrected chi connectivity index (χ2v) is 6.33. The van der Waals surface area contributed by atoms with Gasteiger partial charge in [-0.05, 0) is 37.5 Å². The van der Waals surface area contributed by atoms with Gasteiger partial charge in [0.25, 0.3) is 5.56 Å². The smallest absolute Gasteiger partial charge is 0.332 e. The molecule has 7 heteroatoms. The number of aromatic nitrogens is 4. The molecule has 0 spiro atoms. The van der Waals surface area contributed by atoms with E-state index in [-0.39, 0.29) is 17.3 Å². The summed E-state index contributed by atoms with van der Waals surface area (Å²) in [6.45, 7) is 2.69. The van der Waals surface area contributed by atoms with Gasteiger partial charge in [-0.25, -0.2) is 9.78 Å². The average molecular weight is 340 g/mol. The van der Waals surface area contributed by atoms with Crippen molar-refractivity contribution >= 4 is 11.2 Å². The minimum absolute atomic E-state index is 0.165. The molecule has 7 nitrogen and oxygen atoms in total. The summed E-state index contributed by atoms with van der Waals surface area (Å²) >= 11 is 0. The van der Waals surface area contributed by atoms with Gasteiger partial charge in [-0.1, -0.05) is 12.1 Å². The minimum atomic E-state index is -0.273. The Morgan fingerprint density at radius 1 is 1.20 bits per heavy atom. The lowest BCUT2D eigenvalue weighted by Crippen LogP contribution is -2.40. The van der Waals surface area contributed by atoms with Gasteiger partial charge in [-0.15, -0.1) is 0 Å². The lowest BCUT2D eigenvalue weighted by atomic mass is 10.2. The van der Waals surface area contributed by atoms with Crippen LogP contribution < -0.4 is 16.0 Å². The first-order valence-electron chi connectivity index (χ1n) is 8.47. The minimum Gasteiger partial charge on any atom is -0.497 e. The molecule has 0 aliphatic heterocycles. The van der Waals surface area contributed by atoms with Gasteiger partial charge in [0.1, 0.15) is 5.75 Å². The lowest BCUT2D eigenvalue weighted by molar-refractivity contribution is 0.414. The maximum atomic E-state index is 12.8. The van der Waals surface area contributed by atoms with Gasteiger partial charge >= 0.3 is 5.69 Å². The largest absolute Gasteiger partial charge is 0.497 e. The standard InChI is InChI=1S/C18H20N4O3/c1-3-21-17(23)15-16(22(18(21)24)13-6-7-13)19-11-20(15)10-12-4-8-14(25-2)9-5-12/h4-5,8-9,11,13H,3,6-7,10H2,1-2H3. The second kappa shape index (κ2) is 5.91. The Bertz CT molecular complexity index is 1040. The molecule has 0 bridgehead atoms. The Labute approximate surface area is 144 Å². The van der Waals surface area contributed by atoms with Crippen LogP contribution in [-0.4, -0.2) is 25.8 Å². The molecule has 2 aromatic heterocycles. The molecular weight excluding hydrogens is 320 g/mol. The summed E-state index contributed by atoms with van der Waals surface area (Å²) in [4.78, 5) is 29.8. The topological polar surface area (TPSA) is 71.0 Å². The fourth-order valence-corrected chi connectivity index (χ4v) is 3.19. The van der Waals surface area contributed by atoms with E-state index in [9.17, 15) is 9.59 Å². The van der Waals surface area contributed by atoms with Crippen LogP contribution in [0.15, 0.2) is 40.2 Å². The third kappa shape index (κ3) is 2.56. The average Bonchev–Trinajstić information content (AvgIpc) is 3.37. The summed E-state index contributed by atoms with van der Waals surface area (Å²) in [7, 11) is 1.63. The predicted octanol–water partition coefficient (Wildman–Crippen LogP) is 1.77. The lowest BCUT2D eigenvalue weighted by Gasteiger charge is -2.11. The Morgan fingerprint density at radius 3 is 2.52 bits per heavy atom.